The van der Waals surface area contributed by atoms with Gasteiger partial charge in [-0.25, -0.2) is 0 Å². The number of fused-ring (bicyclic) bond motifs is 4. The normalized spacial score (nSPS) is 11.3. The van der Waals surface area contributed by atoms with E-state index in [2.05, 4.69) is 217 Å². The third-order valence-electron chi connectivity index (χ3n) is 10.5. The van der Waals surface area contributed by atoms with Crippen LogP contribution >= 0.6 is 11.3 Å². The maximum absolute atomic E-state index is 2.45. The first-order valence-electron chi connectivity index (χ1n) is 18.4. The molecule has 0 aliphatic heterocycles. The van der Waals surface area contributed by atoms with Crippen molar-refractivity contribution in [1.82, 2.24) is 0 Å². The first-order valence-corrected chi connectivity index (χ1v) is 19.2. The Balaban J connectivity index is 1.05. The summed E-state index contributed by atoms with van der Waals surface area (Å²) in [5.41, 5.74) is 13.1. The van der Waals surface area contributed by atoms with Gasteiger partial charge >= 0.3 is 0 Å². The minimum absolute atomic E-state index is 1.11. The molecule has 0 radical (unpaired) electrons. The minimum Gasteiger partial charge on any atom is -0.309 e. The fourth-order valence-corrected chi connectivity index (χ4v) is 8.94. The van der Waals surface area contributed by atoms with Gasteiger partial charge in [0.1, 0.15) is 0 Å². The number of para-hydroxylation sites is 1. The molecule has 9 aromatic carbocycles. The highest BCUT2D eigenvalue weighted by atomic mass is 32.1. The fraction of sp³-hybridized carbons (Fsp3) is 0. The lowest BCUT2D eigenvalue weighted by Crippen LogP contribution is -2.11. The van der Waals surface area contributed by atoms with Gasteiger partial charge in [-0.1, -0.05) is 158 Å². The van der Waals surface area contributed by atoms with Gasteiger partial charge in [-0.3, -0.25) is 0 Å². The van der Waals surface area contributed by atoms with Crippen molar-refractivity contribution in [1.29, 1.82) is 0 Å². The van der Waals surface area contributed by atoms with Crippen LogP contribution in [0.3, 0.4) is 0 Å². The summed E-state index contributed by atoms with van der Waals surface area (Å²) in [7, 11) is 0. The lowest BCUT2D eigenvalue weighted by Gasteiger charge is -2.29. The first kappa shape index (κ1) is 32.0. The van der Waals surface area contributed by atoms with E-state index in [0.29, 0.717) is 0 Å². The first-order chi connectivity index (χ1) is 26.8. The summed E-state index contributed by atoms with van der Waals surface area (Å²) in [6.45, 7) is 0. The summed E-state index contributed by atoms with van der Waals surface area (Å²) in [5, 5.41) is 5.09. The van der Waals surface area contributed by atoms with Gasteiger partial charge in [-0.15, -0.1) is 11.3 Å². The highest BCUT2D eigenvalue weighted by Gasteiger charge is 2.21. The van der Waals surface area contributed by atoms with Crippen LogP contribution < -0.4 is 4.90 Å². The van der Waals surface area contributed by atoms with Gasteiger partial charge in [-0.05, 0) is 104 Å². The molecule has 0 aliphatic carbocycles. The molecule has 0 aliphatic rings. The van der Waals surface area contributed by atoms with E-state index in [-0.39, 0.29) is 0 Å². The van der Waals surface area contributed by atoms with Crippen molar-refractivity contribution in [2.24, 2.45) is 0 Å². The zero-order valence-electron chi connectivity index (χ0n) is 29.6. The van der Waals surface area contributed by atoms with Crippen LogP contribution in [0.2, 0.25) is 0 Å². The summed E-state index contributed by atoms with van der Waals surface area (Å²) in [6, 6.07) is 77.1. The van der Waals surface area contributed by atoms with E-state index in [1.54, 1.807) is 0 Å². The van der Waals surface area contributed by atoms with E-state index in [0.717, 1.165) is 11.4 Å². The van der Waals surface area contributed by atoms with E-state index in [1.165, 1.54) is 81.1 Å². The third-order valence-corrected chi connectivity index (χ3v) is 11.6. The minimum atomic E-state index is 1.11. The van der Waals surface area contributed by atoms with Crippen molar-refractivity contribution >= 4 is 59.3 Å². The van der Waals surface area contributed by atoms with Gasteiger partial charge in [0.25, 0.3) is 0 Å². The lowest BCUT2D eigenvalue weighted by atomic mass is 9.95. The second kappa shape index (κ2) is 13.7. The van der Waals surface area contributed by atoms with E-state index in [1.807, 2.05) is 11.3 Å². The van der Waals surface area contributed by atoms with Crippen LogP contribution in [0, 0.1) is 0 Å². The Hall–Kier alpha value is -6.74. The van der Waals surface area contributed by atoms with Gasteiger partial charge in [0.2, 0.25) is 0 Å². The highest BCUT2D eigenvalue weighted by molar-refractivity contribution is 7.26. The van der Waals surface area contributed by atoms with E-state index in [4.69, 9.17) is 0 Å². The van der Waals surface area contributed by atoms with Gasteiger partial charge < -0.3 is 4.90 Å². The molecule has 0 fully saturated rings. The SMILES string of the molecule is c1ccc(-c2ccccc2N(c2ccc(-c3cccc(-c4cccc(-c5ccc6ccccc6c5)c4)c3)cc2)c2cccc3sc4ccccc4c23)cc1. The second-order valence-corrected chi connectivity index (χ2v) is 14.8. The number of rotatable bonds is 7. The van der Waals surface area contributed by atoms with E-state index >= 15 is 0 Å². The molecule has 1 heterocycles. The van der Waals surface area contributed by atoms with E-state index < -0.39 is 0 Å². The van der Waals surface area contributed by atoms with Crippen LogP contribution in [0.15, 0.2) is 212 Å². The molecule has 10 aromatic rings. The average molecular weight is 706 g/mol. The van der Waals surface area contributed by atoms with Crippen LogP contribution in [-0.4, -0.2) is 0 Å². The zero-order chi connectivity index (χ0) is 35.8. The molecular weight excluding hydrogens is 671 g/mol. The van der Waals surface area contributed by atoms with Crippen LogP contribution in [-0.2, 0) is 0 Å². The number of benzene rings is 9. The van der Waals surface area contributed by atoms with Crippen LogP contribution in [0.5, 0.6) is 0 Å². The topological polar surface area (TPSA) is 3.24 Å². The average Bonchev–Trinajstić information content (AvgIpc) is 3.64. The number of hydrogen-bond donors (Lipinski definition) is 0. The summed E-state index contributed by atoms with van der Waals surface area (Å²) in [5.74, 6) is 0. The van der Waals surface area contributed by atoms with Gasteiger partial charge in [0.15, 0.2) is 0 Å². The molecule has 0 spiro atoms. The Bertz CT molecular complexity index is 2940. The Labute approximate surface area is 319 Å². The summed E-state index contributed by atoms with van der Waals surface area (Å²) in [4.78, 5) is 2.45. The monoisotopic (exact) mass is 705 g/mol. The van der Waals surface area contributed by atoms with Gasteiger partial charge in [0, 0.05) is 31.4 Å². The van der Waals surface area contributed by atoms with Crippen molar-refractivity contribution in [2.45, 2.75) is 0 Å². The second-order valence-electron chi connectivity index (χ2n) is 13.7. The molecule has 0 amide bonds. The van der Waals surface area contributed by atoms with Crippen LogP contribution in [0.25, 0.3) is 75.5 Å². The molecular formula is C52H35NS. The molecule has 54 heavy (non-hydrogen) atoms. The predicted octanol–water partition coefficient (Wildman–Crippen LogP) is 15.3. The molecule has 0 bridgehead atoms. The molecule has 1 aromatic heterocycles. The summed E-state index contributed by atoms with van der Waals surface area (Å²) in [6.07, 6.45) is 0. The quantitative estimate of drug-likeness (QED) is 0.160. The molecule has 0 saturated heterocycles. The highest BCUT2D eigenvalue weighted by Crippen LogP contribution is 2.47. The molecule has 10 rings (SSSR count). The van der Waals surface area contributed by atoms with Crippen molar-refractivity contribution < 1.29 is 0 Å². The molecule has 2 heteroatoms. The van der Waals surface area contributed by atoms with E-state index in [9.17, 15) is 0 Å². The van der Waals surface area contributed by atoms with Gasteiger partial charge in [-0.2, -0.15) is 0 Å². The van der Waals surface area contributed by atoms with Gasteiger partial charge in [0.05, 0.1) is 11.4 Å². The Morgan fingerprint density at radius 1 is 0.315 bits per heavy atom. The summed E-state index contributed by atoms with van der Waals surface area (Å²) < 4.78 is 2.59. The Morgan fingerprint density at radius 2 is 0.852 bits per heavy atom. The summed E-state index contributed by atoms with van der Waals surface area (Å²) >= 11 is 1.86. The number of thiophene rings is 1. The predicted molar refractivity (Wildman–Crippen MR) is 233 cm³/mol. The van der Waals surface area contributed by atoms with Crippen LogP contribution in [0.4, 0.5) is 17.1 Å². The molecule has 0 saturated carbocycles. The molecule has 0 unspecified atom stereocenters. The van der Waals surface area contributed by atoms with Crippen molar-refractivity contribution in [3.63, 3.8) is 0 Å². The maximum atomic E-state index is 2.45. The number of nitrogens with zero attached hydrogens (tertiary/aromatic N) is 1. The number of hydrogen-bond acceptors (Lipinski definition) is 2. The van der Waals surface area contributed by atoms with Crippen molar-refractivity contribution in [3.05, 3.63) is 212 Å². The fourth-order valence-electron chi connectivity index (χ4n) is 7.81. The maximum Gasteiger partial charge on any atom is 0.0555 e. The van der Waals surface area contributed by atoms with Crippen molar-refractivity contribution in [2.75, 3.05) is 4.90 Å². The molecule has 0 atom stereocenters. The number of anilines is 3. The smallest absolute Gasteiger partial charge is 0.0555 e. The Morgan fingerprint density at radius 3 is 1.63 bits per heavy atom. The lowest BCUT2D eigenvalue weighted by molar-refractivity contribution is 1.30. The largest absolute Gasteiger partial charge is 0.309 e. The third kappa shape index (κ3) is 5.84. The molecule has 0 N–H and O–H groups in total. The standard InChI is InChI=1S/C52H35NS/c1-2-14-38(15-3-1)46-21-6-8-23-48(46)53(49-24-12-26-51-52(49)47-22-7-9-25-50(47)54-51)45-31-29-37(30-32-45)40-17-10-18-41(33-40)42-19-11-20-43(35-42)44-28-27-36-13-4-5-16-39(36)34-44/h1-35H. The molecule has 1 nitrogen and oxygen atoms in total. The van der Waals surface area contributed by atoms with Crippen LogP contribution in [0.1, 0.15) is 0 Å². The van der Waals surface area contributed by atoms with Crippen molar-refractivity contribution in [3.8, 4) is 44.5 Å². The molecule has 254 valence electrons. The Kier molecular flexibility index (Phi) is 8.09. The zero-order valence-corrected chi connectivity index (χ0v) is 30.4.